The summed E-state index contributed by atoms with van der Waals surface area (Å²) in [5, 5.41) is 0. The smallest absolute Gasteiger partial charge is 0.253 e. The average molecular weight is 311 g/mol. The molecule has 1 aliphatic heterocycles. The molecule has 2 heterocycles. The highest BCUT2D eigenvalue weighted by Crippen LogP contribution is 2.11. The zero-order chi connectivity index (χ0) is 16.2. The van der Waals surface area contributed by atoms with Crippen LogP contribution in [0.3, 0.4) is 0 Å². The first-order valence-corrected chi connectivity index (χ1v) is 7.89. The summed E-state index contributed by atoms with van der Waals surface area (Å²) in [6.07, 6.45) is 4.07. The van der Waals surface area contributed by atoms with E-state index in [2.05, 4.69) is 4.98 Å². The number of H-pyrrole nitrogens is 1. The second-order valence-electron chi connectivity index (χ2n) is 5.94. The lowest BCUT2D eigenvalue weighted by molar-refractivity contribution is -0.131. The van der Waals surface area contributed by atoms with Crippen molar-refractivity contribution in [3.8, 4) is 0 Å². The number of nitrogens with one attached hydrogen (secondary N) is 1. The highest BCUT2D eigenvalue weighted by molar-refractivity contribution is 5.94. The predicted octanol–water partition coefficient (Wildman–Crippen LogP) is 1.85. The second-order valence-corrected chi connectivity index (χ2v) is 5.94. The van der Waals surface area contributed by atoms with Crippen LogP contribution in [-0.4, -0.2) is 52.8 Å². The minimum atomic E-state index is 0.0442. The van der Waals surface area contributed by atoms with Crippen LogP contribution in [0.4, 0.5) is 0 Å². The number of amides is 2. The van der Waals surface area contributed by atoms with Gasteiger partial charge in [-0.3, -0.25) is 9.59 Å². The summed E-state index contributed by atoms with van der Waals surface area (Å²) >= 11 is 0. The zero-order valence-corrected chi connectivity index (χ0v) is 13.3. The maximum atomic E-state index is 12.5. The van der Waals surface area contributed by atoms with E-state index in [1.165, 1.54) is 0 Å². The van der Waals surface area contributed by atoms with E-state index in [0.717, 1.165) is 11.1 Å². The van der Waals surface area contributed by atoms with E-state index in [-0.39, 0.29) is 11.8 Å². The van der Waals surface area contributed by atoms with E-state index in [4.69, 9.17) is 0 Å². The van der Waals surface area contributed by atoms with Gasteiger partial charge in [0.2, 0.25) is 5.91 Å². The Kier molecular flexibility index (Phi) is 4.46. The minimum Gasteiger partial charge on any atom is -0.367 e. The van der Waals surface area contributed by atoms with Gasteiger partial charge in [-0.05, 0) is 30.7 Å². The molecule has 1 aromatic heterocycles. The van der Waals surface area contributed by atoms with Gasteiger partial charge in [0.15, 0.2) is 0 Å². The van der Waals surface area contributed by atoms with Crippen LogP contribution >= 0.6 is 0 Å². The van der Waals surface area contributed by atoms with Gasteiger partial charge in [0.05, 0.1) is 6.42 Å². The van der Waals surface area contributed by atoms with Crippen LogP contribution in [0.2, 0.25) is 0 Å². The average Bonchev–Trinajstić information content (AvgIpc) is 3.08. The van der Waals surface area contributed by atoms with Crippen LogP contribution in [0.1, 0.15) is 21.5 Å². The Morgan fingerprint density at radius 2 is 1.65 bits per heavy atom. The van der Waals surface area contributed by atoms with E-state index in [9.17, 15) is 9.59 Å². The molecule has 3 rings (SSSR count). The van der Waals surface area contributed by atoms with Crippen LogP contribution in [0, 0.1) is 6.92 Å². The quantitative estimate of drug-likeness (QED) is 0.940. The molecule has 2 amide bonds. The first kappa shape index (κ1) is 15.3. The molecule has 0 atom stereocenters. The molecule has 0 aliphatic carbocycles. The van der Waals surface area contributed by atoms with Gasteiger partial charge in [0.25, 0.3) is 5.91 Å². The predicted molar refractivity (Wildman–Crippen MR) is 88.2 cm³/mol. The van der Waals surface area contributed by atoms with Crippen molar-refractivity contribution in [2.45, 2.75) is 13.3 Å². The molecule has 1 fully saturated rings. The van der Waals surface area contributed by atoms with Gasteiger partial charge in [-0.25, -0.2) is 0 Å². The first-order chi connectivity index (χ1) is 11.1. The number of carbonyl (C=O) groups excluding carboxylic acids is 2. The lowest BCUT2D eigenvalue weighted by Gasteiger charge is -2.34. The van der Waals surface area contributed by atoms with Crippen molar-refractivity contribution in [3.05, 3.63) is 59.4 Å². The Labute approximate surface area is 135 Å². The monoisotopic (exact) mass is 311 g/mol. The van der Waals surface area contributed by atoms with Crippen molar-refractivity contribution < 1.29 is 9.59 Å². The summed E-state index contributed by atoms with van der Waals surface area (Å²) in [5.41, 5.74) is 2.84. The molecule has 5 heteroatoms. The Morgan fingerprint density at radius 1 is 1.00 bits per heavy atom. The molecular weight excluding hydrogens is 290 g/mol. The number of benzene rings is 1. The first-order valence-electron chi connectivity index (χ1n) is 7.89. The molecule has 0 saturated carbocycles. The summed E-state index contributed by atoms with van der Waals surface area (Å²) in [5.74, 6) is 0.162. The highest BCUT2D eigenvalue weighted by atomic mass is 16.2. The summed E-state index contributed by atoms with van der Waals surface area (Å²) < 4.78 is 0. The molecule has 120 valence electrons. The topological polar surface area (TPSA) is 56.4 Å². The standard InChI is InChI=1S/C18H21N3O2/c1-14-2-4-16(5-3-14)18(23)21-10-8-20(9-11-21)17(22)12-15-6-7-19-13-15/h2-7,13,19H,8-12H2,1H3. The van der Waals surface area contributed by atoms with Crippen LogP contribution in [0.5, 0.6) is 0 Å². The molecule has 2 aromatic rings. The van der Waals surface area contributed by atoms with E-state index in [0.29, 0.717) is 38.2 Å². The molecule has 1 aromatic carbocycles. The number of aryl methyl sites for hydroxylation is 1. The fourth-order valence-electron chi connectivity index (χ4n) is 2.79. The number of rotatable bonds is 3. The van der Waals surface area contributed by atoms with Crippen LogP contribution < -0.4 is 0 Å². The number of aromatic nitrogens is 1. The van der Waals surface area contributed by atoms with Crippen molar-refractivity contribution in [3.63, 3.8) is 0 Å². The van der Waals surface area contributed by atoms with Gasteiger partial charge in [-0.15, -0.1) is 0 Å². The lowest BCUT2D eigenvalue weighted by Crippen LogP contribution is -2.51. The van der Waals surface area contributed by atoms with Crippen molar-refractivity contribution >= 4 is 11.8 Å². The number of nitrogens with zero attached hydrogens (tertiary/aromatic N) is 2. The van der Waals surface area contributed by atoms with Crippen molar-refractivity contribution in [2.24, 2.45) is 0 Å². The second kappa shape index (κ2) is 6.69. The Balaban J connectivity index is 1.54. The molecule has 1 saturated heterocycles. The number of hydrogen-bond donors (Lipinski definition) is 1. The largest absolute Gasteiger partial charge is 0.367 e. The minimum absolute atomic E-state index is 0.0442. The fourth-order valence-corrected chi connectivity index (χ4v) is 2.79. The van der Waals surface area contributed by atoms with E-state index < -0.39 is 0 Å². The van der Waals surface area contributed by atoms with Crippen molar-refractivity contribution in [2.75, 3.05) is 26.2 Å². The van der Waals surface area contributed by atoms with Crippen LogP contribution in [0.25, 0.3) is 0 Å². The van der Waals surface area contributed by atoms with Crippen molar-refractivity contribution in [1.29, 1.82) is 0 Å². The molecule has 5 nitrogen and oxygen atoms in total. The Bertz CT molecular complexity index is 669. The molecule has 23 heavy (non-hydrogen) atoms. The summed E-state index contributed by atoms with van der Waals surface area (Å²) in [4.78, 5) is 31.3. The Hall–Kier alpha value is -2.56. The lowest BCUT2D eigenvalue weighted by atomic mass is 10.1. The van der Waals surface area contributed by atoms with E-state index >= 15 is 0 Å². The van der Waals surface area contributed by atoms with E-state index in [1.54, 1.807) is 0 Å². The summed E-state index contributed by atoms with van der Waals surface area (Å²) in [6, 6.07) is 9.53. The highest BCUT2D eigenvalue weighted by Gasteiger charge is 2.24. The third kappa shape index (κ3) is 3.62. The molecular formula is C18H21N3O2. The molecule has 0 bridgehead atoms. The van der Waals surface area contributed by atoms with Gasteiger partial charge < -0.3 is 14.8 Å². The number of piperazine rings is 1. The zero-order valence-electron chi connectivity index (χ0n) is 13.3. The molecule has 0 unspecified atom stereocenters. The third-order valence-corrected chi connectivity index (χ3v) is 4.24. The maximum Gasteiger partial charge on any atom is 0.253 e. The molecule has 0 spiro atoms. The van der Waals surface area contributed by atoms with Gasteiger partial charge in [-0.1, -0.05) is 17.7 Å². The summed E-state index contributed by atoms with van der Waals surface area (Å²) in [6.45, 7) is 4.38. The van der Waals surface area contributed by atoms with Gasteiger partial charge >= 0.3 is 0 Å². The van der Waals surface area contributed by atoms with Gasteiger partial charge in [0.1, 0.15) is 0 Å². The normalized spacial score (nSPS) is 14.8. The summed E-state index contributed by atoms with van der Waals surface area (Å²) in [7, 11) is 0. The maximum absolute atomic E-state index is 12.5. The van der Waals surface area contributed by atoms with Gasteiger partial charge in [-0.2, -0.15) is 0 Å². The van der Waals surface area contributed by atoms with Gasteiger partial charge in [0, 0.05) is 44.1 Å². The van der Waals surface area contributed by atoms with Crippen LogP contribution in [-0.2, 0) is 11.2 Å². The fraction of sp³-hybridized carbons (Fsp3) is 0.333. The number of hydrogen-bond acceptors (Lipinski definition) is 2. The SMILES string of the molecule is Cc1ccc(C(=O)N2CCN(C(=O)Cc3cc[nH]c3)CC2)cc1. The van der Waals surface area contributed by atoms with Crippen molar-refractivity contribution in [1.82, 2.24) is 14.8 Å². The number of carbonyl (C=O) groups is 2. The third-order valence-electron chi connectivity index (χ3n) is 4.24. The Morgan fingerprint density at radius 3 is 2.26 bits per heavy atom. The molecule has 1 N–H and O–H groups in total. The number of aromatic amines is 1. The molecule has 0 radical (unpaired) electrons. The van der Waals surface area contributed by atoms with Crippen LogP contribution in [0.15, 0.2) is 42.7 Å². The van der Waals surface area contributed by atoms with E-state index in [1.807, 2.05) is 59.4 Å². The molecule has 1 aliphatic rings.